The molecule has 1 aliphatic heterocycles. The minimum Gasteiger partial charge on any atom is -0.370 e. The molecular formula is C6H13N3. The van der Waals surface area contributed by atoms with Gasteiger partial charge in [-0.15, -0.1) is 0 Å². The van der Waals surface area contributed by atoms with Crippen molar-refractivity contribution >= 4 is 5.96 Å². The molecule has 0 amide bonds. The Bertz CT molecular complexity index is 128. The molecule has 0 saturated heterocycles. The maximum Gasteiger partial charge on any atom is 0.191 e. The lowest BCUT2D eigenvalue weighted by atomic mass is 10.3. The van der Waals surface area contributed by atoms with Crippen LogP contribution in [0.2, 0.25) is 0 Å². The Hall–Kier alpha value is -0.730. The van der Waals surface area contributed by atoms with E-state index in [2.05, 4.69) is 23.7 Å². The first kappa shape index (κ1) is 6.39. The summed E-state index contributed by atoms with van der Waals surface area (Å²) in [4.78, 5) is 6.16. The van der Waals surface area contributed by atoms with Crippen LogP contribution in [0.15, 0.2) is 4.99 Å². The molecule has 9 heavy (non-hydrogen) atoms. The maximum absolute atomic E-state index is 5.56. The number of hydrogen-bond acceptors (Lipinski definition) is 3. The molecule has 1 aliphatic rings. The Labute approximate surface area is 55.6 Å². The molecule has 0 aromatic rings. The number of hydrogen-bond donors (Lipinski definition) is 1. The fourth-order valence-corrected chi connectivity index (χ4v) is 1.00. The van der Waals surface area contributed by atoms with Crippen LogP contribution in [-0.4, -0.2) is 30.0 Å². The highest BCUT2D eigenvalue weighted by Crippen LogP contribution is 2.02. The molecule has 3 heteroatoms. The van der Waals surface area contributed by atoms with Crippen molar-refractivity contribution in [2.24, 2.45) is 10.7 Å². The number of nitrogens with zero attached hydrogens (tertiary/aromatic N) is 2. The van der Waals surface area contributed by atoms with Gasteiger partial charge in [-0.1, -0.05) is 0 Å². The third-order valence-electron chi connectivity index (χ3n) is 1.53. The standard InChI is InChI=1S/C6H13N3/c1-5(2)9-4-3-8-6(9)7/h5H,3-4H2,1-2H3,(H2,7,8). The van der Waals surface area contributed by atoms with Gasteiger partial charge in [0.05, 0.1) is 6.54 Å². The molecule has 0 aromatic carbocycles. The summed E-state index contributed by atoms with van der Waals surface area (Å²) in [6.07, 6.45) is 0. The van der Waals surface area contributed by atoms with Gasteiger partial charge in [-0.05, 0) is 13.8 Å². The zero-order valence-electron chi connectivity index (χ0n) is 5.96. The van der Waals surface area contributed by atoms with Crippen LogP contribution in [-0.2, 0) is 0 Å². The smallest absolute Gasteiger partial charge is 0.191 e. The van der Waals surface area contributed by atoms with Crippen LogP contribution in [0.5, 0.6) is 0 Å². The SMILES string of the molecule is CC(C)N1CCN=C1N. The van der Waals surface area contributed by atoms with Gasteiger partial charge in [0.25, 0.3) is 0 Å². The van der Waals surface area contributed by atoms with Gasteiger partial charge in [0, 0.05) is 12.6 Å². The summed E-state index contributed by atoms with van der Waals surface area (Å²) in [6.45, 7) is 6.09. The van der Waals surface area contributed by atoms with E-state index in [1.807, 2.05) is 0 Å². The van der Waals surface area contributed by atoms with Gasteiger partial charge in [-0.2, -0.15) is 0 Å². The van der Waals surface area contributed by atoms with Gasteiger partial charge >= 0.3 is 0 Å². The zero-order valence-corrected chi connectivity index (χ0v) is 5.96. The Morgan fingerprint density at radius 2 is 2.33 bits per heavy atom. The van der Waals surface area contributed by atoms with Crippen LogP contribution in [0.3, 0.4) is 0 Å². The highest BCUT2D eigenvalue weighted by molar-refractivity contribution is 5.79. The van der Waals surface area contributed by atoms with Crippen molar-refractivity contribution in [1.29, 1.82) is 0 Å². The van der Waals surface area contributed by atoms with E-state index in [1.165, 1.54) is 0 Å². The second kappa shape index (κ2) is 2.25. The van der Waals surface area contributed by atoms with Crippen molar-refractivity contribution < 1.29 is 0 Å². The summed E-state index contributed by atoms with van der Waals surface area (Å²) in [5, 5.41) is 0. The first-order chi connectivity index (χ1) is 4.22. The Kier molecular flexibility index (Phi) is 1.60. The predicted octanol–water partition coefficient (Wildman–Crippen LogP) is 0.0251. The molecule has 0 radical (unpaired) electrons. The van der Waals surface area contributed by atoms with E-state index in [-0.39, 0.29) is 0 Å². The van der Waals surface area contributed by atoms with Gasteiger partial charge in [-0.3, -0.25) is 4.99 Å². The van der Waals surface area contributed by atoms with Crippen molar-refractivity contribution in [3.05, 3.63) is 0 Å². The average molecular weight is 127 g/mol. The molecule has 1 heterocycles. The second-order valence-electron chi connectivity index (χ2n) is 2.53. The van der Waals surface area contributed by atoms with Crippen LogP contribution in [0, 0.1) is 0 Å². The third-order valence-corrected chi connectivity index (χ3v) is 1.53. The number of rotatable bonds is 1. The third kappa shape index (κ3) is 1.15. The monoisotopic (exact) mass is 127 g/mol. The van der Waals surface area contributed by atoms with Gasteiger partial charge < -0.3 is 10.6 Å². The van der Waals surface area contributed by atoms with E-state index < -0.39 is 0 Å². The van der Waals surface area contributed by atoms with Gasteiger partial charge in [0.2, 0.25) is 0 Å². The first-order valence-corrected chi connectivity index (χ1v) is 3.28. The van der Waals surface area contributed by atoms with Crippen LogP contribution in [0.4, 0.5) is 0 Å². The highest BCUT2D eigenvalue weighted by atomic mass is 15.3. The molecule has 0 atom stereocenters. The molecule has 0 unspecified atom stereocenters. The predicted molar refractivity (Wildman–Crippen MR) is 38.3 cm³/mol. The van der Waals surface area contributed by atoms with Crippen LogP contribution < -0.4 is 5.73 Å². The molecule has 0 aliphatic carbocycles. The van der Waals surface area contributed by atoms with E-state index in [0.29, 0.717) is 12.0 Å². The number of nitrogens with two attached hydrogens (primary N) is 1. The molecule has 0 spiro atoms. The Morgan fingerprint density at radius 1 is 1.67 bits per heavy atom. The summed E-state index contributed by atoms with van der Waals surface area (Å²) in [5.41, 5.74) is 5.56. The largest absolute Gasteiger partial charge is 0.370 e. The summed E-state index contributed by atoms with van der Waals surface area (Å²) >= 11 is 0. The van der Waals surface area contributed by atoms with E-state index in [4.69, 9.17) is 5.73 Å². The van der Waals surface area contributed by atoms with Crippen molar-refractivity contribution in [2.75, 3.05) is 13.1 Å². The minimum absolute atomic E-state index is 0.497. The number of aliphatic imine (C=N–C) groups is 1. The van der Waals surface area contributed by atoms with E-state index >= 15 is 0 Å². The molecule has 1 rings (SSSR count). The summed E-state index contributed by atoms with van der Waals surface area (Å²) in [5.74, 6) is 0.699. The average Bonchev–Trinajstić information content (AvgIpc) is 2.13. The molecule has 52 valence electrons. The number of guanidine groups is 1. The van der Waals surface area contributed by atoms with E-state index in [9.17, 15) is 0 Å². The second-order valence-corrected chi connectivity index (χ2v) is 2.53. The fraction of sp³-hybridized carbons (Fsp3) is 0.833. The molecule has 0 saturated carbocycles. The van der Waals surface area contributed by atoms with E-state index in [1.54, 1.807) is 0 Å². The van der Waals surface area contributed by atoms with Crippen molar-refractivity contribution in [1.82, 2.24) is 4.90 Å². The van der Waals surface area contributed by atoms with Crippen molar-refractivity contribution in [2.45, 2.75) is 19.9 Å². The first-order valence-electron chi connectivity index (χ1n) is 3.28. The van der Waals surface area contributed by atoms with Gasteiger partial charge in [-0.25, -0.2) is 0 Å². The van der Waals surface area contributed by atoms with Crippen molar-refractivity contribution in [3.63, 3.8) is 0 Å². The molecule has 0 aromatic heterocycles. The van der Waals surface area contributed by atoms with E-state index in [0.717, 1.165) is 13.1 Å². The van der Waals surface area contributed by atoms with Gasteiger partial charge in [0.1, 0.15) is 0 Å². The molecule has 0 bridgehead atoms. The molecule has 3 nitrogen and oxygen atoms in total. The molecule has 2 N–H and O–H groups in total. The van der Waals surface area contributed by atoms with Crippen LogP contribution >= 0.6 is 0 Å². The van der Waals surface area contributed by atoms with Crippen LogP contribution in [0.1, 0.15) is 13.8 Å². The topological polar surface area (TPSA) is 41.6 Å². The summed E-state index contributed by atoms with van der Waals surface area (Å²) in [7, 11) is 0. The molecular weight excluding hydrogens is 114 g/mol. The lowest BCUT2D eigenvalue weighted by Crippen LogP contribution is -2.38. The lowest BCUT2D eigenvalue weighted by molar-refractivity contribution is 0.377. The Balaban J connectivity index is 2.53. The molecule has 0 fully saturated rings. The normalized spacial score (nSPS) is 19.0. The zero-order chi connectivity index (χ0) is 6.85. The Morgan fingerprint density at radius 3 is 2.56 bits per heavy atom. The summed E-state index contributed by atoms with van der Waals surface area (Å²) in [6, 6.07) is 0.497. The van der Waals surface area contributed by atoms with Crippen molar-refractivity contribution in [3.8, 4) is 0 Å². The maximum atomic E-state index is 5.56. The minimum atomic E-state index is 0.497. The van der Waals surface area contributed by atoms with Gasteiger partial charge in [0.15, 0.2) is 5.96 Å². The summed E-state index contributed by atoms with van der Waals surface area (Å²) < 4.78 is 0. The lowest BCUT2D eigenvalue weighted by Gasteiger charge is -2.21. The highest BCUT2D eigenvalue weighted by Gasteiger charge is 2.15. The fourth-order valence-electron chi connectivity index (χ4n) is 1.00. The van der Waals surface area contributed by atoms with Crippen LogP contribution in [0.25, 0.3) is 0 Å². The quantitative estimate of drug-likeness (QED) is 0.539.